The fraction of sp³-hybridized carbons (Fsp3) is 0.667. The topological polar surface area (TPSA) is 20.2 Å². The number of aliphatic hydroxyl groups is 1. The van der Waals surface area contributed by atoms with E-state index in [0.29, 0.717) is 0 Å². The summed E-state index contributed by atoms with van der Waals surface area (Å²) in [5.74, 6) is -0.861. The normalized spacial score (nSPS) is 13.3. The van der Waals surface area contributed by atoms with Gasteiger partial charge in [-0.15, -0.1) is 0 Å². The second kappa shape index (κ2) is 2.18. The van der Waals surface area contributed by atoms with Crippen LogP contribution in [0.3, 0.4) is 0 Å². The fourth-order valence-electron chi connectivity index (χ4n) is 0.164. The number of alkyl halides is 3. The van der Waals surface area contributed by atoms with Crippen LogP contribution in [-0.4, -0.2) is 11.3 Å². The van der Waals surface area contributed by atoms with Crippen LogP contribution < -0.4 is 0 Å². The molecule has 0 radical (unpaired) electrons. The molecule has 0 unspecified atom stereocenters. The van der Waals surface area contributed by atoms with E-state index in [4.69, 9.17) is 5.11 Å². The molecule has 0 aliphatic rings. The van der Waals surface area contributed by atoms with Crippen molar-refractivity contribution in [3.05, 3.63) is 12.3 Å². The van der Waals surface area contributed by atoms with Crippen LogP contribution in [-0.2, 0) is 0 Å². The van der Waals surface area contributed by atoms with Gasteiger partial charge in [0.25, 0.3) is 0 Å². The molecule has 0 aromatic rings. The van der Waals surface area contributed by atoms with Crippen molar-refractivity contribution in [3.63, 3.8) is 0 Å². The van der Waals surface area contributed by atoms with Gasteiger partial charge in [0.1, 0.15) is 5.41 Å². The van der Waals surface area contributed by atoms with Crippen molar-refractivity contribution in [1.29, 1.82) is 0 Å². The first-order chi connectivity index (χ1) is 4.19. The van der Waals surface area contributed by atoms with Crippen molar-refractivity contribution in [2.75, 3.05) is 0 Å². The molecule has 4 heteroatoms. The standard InChI is InChI=1S/C6H9F3O/c1-4(10)5(2,3)6(7,8)9/h10H,1H2,2-3H3. The van der Waals surface area contributed by atoms with Gasteiger partial charge < -0.3 is 5.11 Å². The first-order valence-electron chi connectivity index (χ1n) is 2.64. The number of halogens is 3. The van der Waals surface area contributed by atoms with Crippen LogP contribution in [0, 0.1) is 5.41 Å². The lowest BCUT2D eigenvalue weighted by Gasteiger charge is -2.25. The van der Waals surface area contributed by atoms with Crippen molar-refractivity contribution < 1.29 is 18.3 Å². The molecule has 0 fully saturated rings. The zero-order valence-electron chi connectivity index (χ0n) is 5.79. The lowest BCUT2D eigenvalue weighted by Crippen LogP contribution is -2.33. The molecule has 0 aromatic heterocycles. The molecule has 0 bridgehead atoms. The van der Waals surface area contributed by atoms with Crippen molar-refractivity contribution in [2.24, 2.45) is 5.41 Å². The van der Waals surface area contributed by atoms with E-state index in [1.807, 2.05) is 0 Å². The Kier molecular flexibility index (Phi) is 2.03. The summed E-state index contributed by atoms with van der Waals surface area (Å²) in [6, 6.07) is 0. The Morgan fingerprint density at radius 2 is 1.60 bits per heavy atom. The van der Waals surface area contributed by atoms with Gasteiger partial charge in [-0.1, -0.05) is 6.58 Å². The SMILES string of the molecule is C=C(O)C(C)(C)C(F)(F)F. The minimum absolute atomic E-state index is 0.861. The van der Waals surface area contributed by atoms with Gasteiger partial charge in [0.05, 0.1) is 5.76 Å². The van der Waals surface area contributed by atoms with Crippen molar-refractivity contribution in [1.82, 2.24) is 0 Å². The molecule has 0 spiro atoms. The van der Waals surface area contributed by atoms with E-state index in [9.17, 15) is 13.2 Å². The fourth-order valence-corrected chi connectivity index (χ4v) is 0.164. The Bertz CT molecular complexity index is 146. The van der Waals surface area contributed by atoms with E-state index in [0.717, 1.165) is 13.8 Å². The number of hydrogen-bond donors (Lipinski definition) is 1. The Hall–Kier alpha value is -0.670. The third kappa shape index (κ3) is 1.43. The quantitative estimate of drug-likeness (QED) is 0.575. The minimum Gasteiger partial charge on any atom is -0.512 e. The van der Waals surface area contributed by atoms with Gasteiger partial charge >= 0.3 is 6.18 Å². The number of hydrogen-bond acceptors (Lipinski definition) is 1. The molecule has 0 atom stereocenters. The highest BCUT2D eigenvalue weighted by molar-refractivity contribution is 5.00. The Morgan fingerprint density at radius 3 is 1.60 bits per heavy atom. The molecule has 0 heterocycles. The molecule has 60 valence electrons. The summed E-state index contributed by atoms with van der Waals surface area (Å²) in [5, 5.41) is 8.50. The molecule has 0 rings (SSSR count). The molecular weight excluding hydrogens is 145 g/mol. The highest BCUT2D eigenvalue weighted by atomic mass is 19.4. The number of aliphatic hydroxyl groups excluding tert-OH is 1. The van der Waals surface area contributed by atoms with Crippen LogP contribution in [0.1, 0.15) is 13.8 Å². The van der Waals surface area contributed by atoms with Crippen LogP contribution in [0.4, 0.5) is 13.2 Å². The highest BCUT2D eigenvalue weighted by Crippen LogP contribution is 2.41. The maximum Gasteiger partial charge on any atom is 0.400 e. The van der Waals surface area contributed by atoms with E-state index in [-0.39, 0.29) is 0 Å². The monoisotopic (exact) mass is 154 g/mol. The van der Waals surface area contributed by atoms with Gasteiger partial charge in [-0.25, -0.2) is 0 Å². The Labute approximate surface area is 57.2 Å². The molecule has 0 aliphatic heterocycles. The predicted molar refractivity (Wildman–Crippen MR) is 31.6 cm³/mol. The van der Waals surface area contributed by atoms with E-state index < -0.39 is 17.4 Å². The van der Waals surface area contributed by atoms with E-state index in [2.05, 4.69) is 6.58 Å². The predicted octanol–water partition coefficient (Wildman–Crippen LogP) is 2.65. The summed E-state index contributed by atoms with van der Waals surface area (Å²) < 4.78 is 35.6. The van der Waals surface area contributed by atoms with Gasteiger partial charge in [-0.3, -0.25) is 0 Å². The number of rotatable bonds is 1. The molecule has 0 aromatic carbocycles. The first-order valence-corrected chi connectivity index (χ1v) is 2.64. The molecule has 0 aliphatic carbocycles. The third-order valence-corrected chi connectivity index (χ3v) is 1.43. The van der Waals surface area contributed by atoms with Crippen LogP contribution in [0.15, 0.2) is 12.3 Å². The Morgan fingerprint density at radius 1 is 1.30 bits per heavy atom. The van der Waals surface area contributed by atoms with Crippen LogP contribution in [0.2, 0.25) is 0 Å². The van der Waals surface area contributed by atoms with Crippen LogP contribution in [0.25, 0.3) is 0 Å². The Balaban J connectivity index is 4.57. The highest BCUT2D eigenvalue weighted by Gasteiger charge is 2.49. The maximum absolute atomic E-state index is 11.9. The number of allylic oxidation sites excluding steroid dienone is 1. The maximum atomic E-state index is 11.9. The first kappa shape index (κ1) is 9.33. The second-order valence-electron chi connectivity index (χ2n) is 2.57. The van der Waals surface area contributed by atoms with Gasteiger partial charge in [0.2, 0.25) is 0 Å². The van der Waals surface area contributed by atoms with Crippen molar-refractivity contribution in [2.45, 2.75) is 20.0 Å². The lowest BCUT2D eigenvalue weighted by atomic mass is 9.91. The summed E-state index contributed by atoms with van der Waals surface area (Å²) in [6.07, 6.45) is -4.43. The lowest BCUT2D eigenvalue weighted by molar-refractivity contribution is -0.206. The average molecular weight is 154 g/mol. The van der Waals surface area contributed by atoms with E-state index >= 15 is 0 Å². The van der Waals surface area contributed by atoms with Gasteiger partial charge in [-0.05, 0) is 13.8 Å². The van der Waals surface area contributed by atoms with E-state index in [1.54, 1.807) is 0 Å². The largest absolute Gasteiger partial charge is 0.512 e. The van der Waals surface area contributed by atoms with Gasteiger partial charge in [0.15, 0.2) is 0 Å². The van der Waals surface area contributed by atoms with Gasteiger partial charge in [-0.2, -0.15) is 13.2 Å². The van der Waals surface area contributed by atoms with E-state index in [1.165, 1.54) is 0 Å². The zero-order chi connectivity index (χ0) is 8.58. The summed E-state index contributed by atoms with van der Waals surface area (Å²) in [6.45, 7) is 4.57. The molecule has 10 heavy (non-hydrogen) atoms. The molecule has 0 amide bonds. The molecule has 0 saturated heterocycles. The smallest absolute Gasteiger partial charge is 0.400 e. The molecular formula is C6H9F3O. The van der Waals surface area contributed by atoms with Crippen molar-refractivity contribution in [3.8, 4) is 0 Å². The molecule has 1 nitrogen and oxygen atoms in total. The second-order valence-corrected chi connectivity index (χ2v) is 2.57. The summed E-state index contributed by atoms with van der Waals surface area (Å²) in [5.41, 5.74) is -2.20. The van der Waals surface area contributed by atoms with Gasteiger partial charge in [0, 0.05) is 0 Å². The summed E-state index contributed by atoms with van der Waals surface area (Å²) in [4.78, 5) is 0. The van der Waals surface area contributed by atoms with Crippen molar-refractivity contribution >= 4 is 0 Å². The molecule has 0 saturated carbocycles. The zero-order valence-corrected chi connectivity index (χ0v) is 5.79. The average Bonchev–Trinajstić information content (AvgIpc) is 1.62. The summed E-state index contributed by atoms with van der Waals surface area (Å²) >= 11 is 0. The van der Waals surface area contributed by atoms with Crippen LogP contribution in [0.5, 0.6) is 0 Å². The summed E-state index contributed by atoms with van der Waals surface area (Å²) in [7, 11) is 0. The molecule has 1 N–H and O–H groups in total. The minimum atomic E-state index is -4.43. The van der Waals surface area contributed by atoms with Crippen LogP contribution >= 0.6 is 0 Å². The third-order valence-electron chi connectivity index (χ3n) is 1.43.